The van der Waals surface area contributed by atoms with Gasteiger partial charge in [0.15, 0.2) is 0 Å². The van der Waals surface area contributed by atoms with Crippen LogP contribution in [0, 0.1) is 6.92 Å². The monoisotopic (exact) mass is 283 g/mol. The summed E-state index contributed by atoms with van der Waals surface area (Å²) in [5.74, 6) is -0.288. The van der Waals surface area contributed by atoms with Gasteiger partial charge in [-0.3, -0.25) is 0 Å². The molecule has 0 unspecified atom stereocenters. The maximum atomic E-state index is 12.4. The third kappa shape index (κ3) is 3.70. The number of benzene rings is 2. The molecule has 0 bridgehead atoms. The highest BCUT2D eigenvalue weighted by molar-refractivity contribution is 5.91. The summed E-state index contributed by atoms with van der Waals surface area (Å²) in [6.45, 7) is 3.92. The Kier molecular flexibility index (Phi) is 5.12. The summed E-state index contributed by atoms with van der Waals surface area (Å²) in [4.78, 5) is 12.4. The van der Waals surface area contributed by atoms with Gasteiger partial charge in [-0.1, -0.05) is 48.5 Å². The van der Waals surface area contributed by atoms with Crippen molar-refractivity contribution in [3.63, 3.8) is 0 Å². The first-order chi connectivity index (χ1) is 10.1. The molecule has 2 rings (SSSR count). The van der Waals surface area contributed by atoms with Crippen LogP contribution in [0.25, 0.3) is 0 Å². The second-order valence-corrected chi connectivity index (χ2v) is 5.13. The highest BCUT2D eigenvalue weighted by Crippen LogP contribution is 2.23. The summed E-state index contributed by atoms with van der Waals surface area (Å²) in [7, 11) is 1.86. The number of aryl methyl sites for hydroxylation is 1. The van der Waals surface area contributed by atoms with Gasteiger partial charge in [0.05, 0.1) is 5.56 Å². The molecule has 0 aliphatic heterocycles. The van der Waals surface area contributed by atoms with E-state index in [0.717, 1.165) is 11.1 Å². The third-order valence-electron chi connectivity index (χ3n) is 3.64. The van der Waals surface area contributed by atoms with Gasteiger partial charge < -0.3 is 10.1 Å². The minimum Gasteiger partial charge on any atom is -0.452 e. The van der Waals surface area contributed by atoms with Gasteiger partial charge in [0.2, 0.25) is 0 Å². The molecule has 110 valence electrons. The fourth-order valence-electron chi connectivity index (χ4n) is 2.23. The van der Waals surface area contributed by atoms with Gasteiger partial charge in [0.1, 0.15) is 6.10 Å². The maximum Gasteiger partial charge on any atom is 0.339 e. The Hall–Kier alpha value is -2.13. The quantitative estimate of drug-likeness (QED) is 0.853. The molecule has 2 atom stereocenters. The smallest absolute Gasteiger partial charge is 0.339 e. The predicted octanol–water partition coefficient (Wildman–Crippen LogP) is 3.50. The molecule has 3 heteroatoms. The van der Waals surface area contributed by atoms with Gasteiger partial charge in [-0.2, -0.15) is 0 Å². The van der Waals surface area contributed by atoms with E-state index in [1.807, 2.05) is 69.4 Å². The number of carbonyl (C=O) groups is 1. The van der Waals surface area contributed by atoms with Crippen LogP contribution in [-0.4, -0.2) is 19.1 Å². The van der Waals surface area contributed by atoms with Gasteiger partial charge in [-0.05, 0) is 38.1 Å². The third-order valence-corrected chi connectivity index (χ3v) is 3.64. The highest BCUT2D eigenvalue weighted by Gasteiger charge is 2.23. The minimum absolute atomic E-state index is 0.0281. The molecule has 0 heterocycles. The number of rotatable bonds is 5. The van der Waals surface area contributed by atoms with Crippen molar-refractivity contribution < 1.29 is 9.53 Å². The van der Waals surface area contributed by atoms with Gasteiger partial charge in [0.25, 0.3) is 0 Å². The number of esters is 1. The first kappa shape index (κ1) is 15.3. The van der Waals surface area contributed by atoms with Gasteiger partial charge >= 0.3 is 5.97 Å². The summed E-state index contributed by atoms with van der Waals surface area (Å²) in [6.07, 6.45) is -0.316. The van der Waals surface area contributed by atoms with Gasteiger partial charge in [-0.25, -0.2) is 4.79 Å². The molecule has 3 nitrogen and oxygen atoms in total. The first-order valence-corrected chi connectivity index (χ1v) is 7.12. The molecule has 0 saturated heterocycles. The molecular weight excluding hydrogens is 262 g/mol. The molecule has 0 aromatic heterocycles. The molecule has 2 aromatic rings. The summed E-state index contributed by atoms with van der Waals surface area (Å²) in [5.41, 5.74) is 2.52. The standard InChI is InChI=1S/C18H21NO2/c1-13-9-7-8-12-16(13)18(20)21-17(14(2)19-3)15-10-5-4-6-11-15/h4-12,14,17,19H,1-3H3/t14-,17-/m1/s1. The zero-order chi connectivity index (χ0) is 15.2. The van der Waals surface area contributed by atoms with E-state index in [1.54, 1.807) is 6.07 Å². The van der Waals surface area contributed by atoms with Crippen LogP contribution in [0.1, 0.15) is 34.5 Å². The average Bonchev–Trinajstić information content (AvgIpc) is 2.53. The lowest BCUT2D eigenvalue weighted by atomic mass is 10.0. The van der Waals surface area contributed by atoms with Gasteiger partial charge in [0, 0.05) is 6.04 Å². The van der Waals surface area contributed by atoms with Crippen LogP contribution in [0.15, 0.2) is 54.6 Å². The van der Waals surface area contributed by atoms with E-state index < -0.39 is 0 Å². The van der Waals surface area contributed by atoms with Crippen molar-refractivity contribution in [2.75, 3.05) is 7.05 Å². The molecule has 0 amide bonds. The molecule has 0 aliphatic rings. The molecule has 21 heavy (non-hydrogen) atoms. The van der Waals surface area contributed by atoms with E-state index in [-0.39, 0.29) is 18.1 Å². The summed E-state index contributed by atoms with van der Waals surface area (Å²) in [5, 5.41) is 3.16. The summed E-state index contributed by atoms with van der Waals surface area (Å²) < 4.78 is 5.75. The Morgan fingerprint density at radius 2 is 1.67 bits per heavy atom. The Bertz CT molecular complexity index is 595. The van der Waals surface area contributed by atoms with Crippen molar-refractivity contribution >= 4 is 5.97 Å². The van der Waals surface area contributed by atoms with Gasteiger partial charge in [-0.15, -0.1) is 0 Å². The van der Waals surface area contributed by atoms with E-state index in [1.165, 1.54) is 0 Å². The zero-order valence-corrected chi connectivity index (χ0v) is 12.7. The van der Waals surface area contributed by atoms with Crippen LogP contribution >= 0.6 is 0 Å². The van der Waals surface area contributed by atoms with Crippen LogP contribution in [0.2, 0.25) is 0 Å². The first-order valence-electron chi connectivity index (χ1n) is 7.12. The van der Waals surface area contributed by atoms with Crippen molar-refractivity contribution in [1.82, 2.24) is 5.32 Å². The van der Waals surface area contributed by atoms with Crippen molar-refractivity contribution in [3.05, 3.63) is 71.3 Å². The van der Waals surface area contributed by atoms with E-state index in [9.17, 15) is 4.79 Å². The molecule has 0 radical (unpaired) electrons. The molecule has 0 fully saturated rings. The molecule has 2 aromatic carbocycles. The second kappa shape index (κ2) is 7.04. The van der Waals surface area contributed by atoms with Crippen molar-refractivity contribution in [1.29, 1.82) is 0 Å². The molecule has 0 spiro atoms. The number of hydrogen-bond acceptors (Lipinski definition) is 3. The normalized spacial score (nSPS) is 13.5. The number of hydrogen-bond donors (Lipinski definition) is 1. The van der Waals surface area contributed by atoms with Crippen molar-refractivity contribution in [3.8, 4) is 0 Å². The Morgan fingerprint density at radius 1 is 1.05 bits per heavy atom. The van der Waals surface area contributed by atoms with Crippen LogP contribution in [0.5, 0.6) is 0 Å². The maximum absolute atomic E-state index is 12.4. The fraction of sp³-hybridized carbons (Fsp3) is 0.278. The van der Waals surface area contributed by atoms with Crippen LogP contribution in [-0.2, 0) is 4.74 Å². The molecule has 1 N–H and O–H groups in total. The number of ether oxygens (including phenoxy) is 1. The Morgan fingerprint density at radius 3 is 2.29 bits per heavy atom. The van der Waals surface area contributed by atoms with Crippen molar-refractivity contribution in [2.45, 2.75) is 26.0 Å². The van der Waals surface area contributed by atoms with E-state index in [4.69, 9.17) is 4.74 Å². The molecule has 0 aliphatic carbocycles. The summed E-state index contributed by atoms with van der Waals surface area (Å²) >= 11 is 0. The Labute approximate surface area is 126 Å². The zero-order valence-electron chi connectivity index (χ0n) is 12.7. The number of carbonyl (C=O) groups excluding carboxylic acids is 1. The van der Waals surface area contributed by atoms with Crippen LogP contribution < -0.4 is 5.32 Å². The lowest BCUT2D eigenvalue weighted by Crippen LogP contribution is -2.32. The predicted molar refractivity (Wildman–Crippen MR) is 84.3 cm³/mol. The average molecular weight is 283 g/mol. The highest BCUT2D eigenvalue weighted by atomic mass is 16.5. The Balaban J connectivity index is 2.24. The second-order valence-electron chi connectivity index (χ2n) is 5.13. The molecular formula is C18H21NO2. The lowest BCUT2D eigenvalue weighted by Gasteiger charge is -2.24. The SMILES string of the molecule is CN[C@H](C)[C@@H](OC(=O)c1ccccc1C)c1ccccc1. The fourth-order valence-corrected chi connectivity index (χ4v) is 2.23. The van der Waals surface area contributed by atoms with Crippen LogP contribution in [0.4, 0.5) is 0 Å². The summed E-state index contributed by atoms with van der Waals surface area (Å²) in [6, 6.07) is 17.3. The number of nitrogens with one attached hydrogen (secondary N) is 1. The largest absolute Gasteiger partial charge is 0.452 e. The van der Waals surface area contributed by atoms with E-state index in [2.05, 4.69) is 5.32 Å². The minimum atomic E-state index is -0.316. The van der Waals surface area contributed by atoms with Crippen LogP contribution in [0.3, 0.4) is 0 Å². The van der Waals surface area contributed by atoms with E-state index in [0.29, 0.717) is 5.56 Å². The number of likely N-dealkylation sites (N-methyl/N-ethyl adjacent to an activating group) is 1. The van der Waals surface area contributed by atoms with E-state index >= 15 is 0 Å². The lowest BCUT2D eigenvalue weighted by molar-refractivity contribution is 0.0218. The van der Waals surface area contributed by atoms with Crippen molar-refractivity contribution in [2.24, 2.45) is 0 Å². The topological polar surface area (TPSA) is 38.3 Å². The molecule has 0 saturated carbocycles.